The zero-order valence-electron chi connectivity index (χ0n) is 5.28. The Morgan fingerprint density at radius 2 is 2.50 bits per heavy atom. The summed E-state index contributed by atoms with van der Waals surface area (Å²) in [6, 6.07) is 0. The number of nitrogens with zero attached hydrogens (tertiary/aromatic N) is 1. The quantitative estimate of drug-likeness (QED) is 0.345. The van der Waals surface area contributed by atoms with Crippen molar-refractivity contribution in [3.63, 3.8) is 0 Å². The molecule has 0 saturated carbocycles. The molecule has 0 atom stereocenters. The van der Waals surface area contributed by atoms with Gasteiger partial charge in [0, 0.05) is 1.37 Å². The fourth-order valence-electron chi connectivity index (χ4n) is 0.158. The Balaban J connectivity index is 3.00. The maximum absolute atomic E-state index is 6.75. The maximum Gasteiger partial charge on any atom is 0.139 e. The van der Waals surface area contributed by atoms with Crippen LogP contribution < -0.4 is 0 Å². The molecule has 0 radical (unpaired) electrons. The summed E-state index contributed by atoms with van der Waals surface area (Å²) in [6.45, 7) is 7.88. The minimum absolute atomic E-state index is 0.456. The molecule has 0 N–H and O–H groups in total. The lowest BCUT2D eigenvalue weighted by Gasteiger charge is -1.86. The van der Waals surface area contributed by atoms with Crippen LogP contribution in [0.15, 0.2) is 0 Å². The monoisotopic (exact) mass is 87.1 g/mol. The first kappa shape index (κ1) is 3.85. The van der Waals surface area contributed by atoms with E-state index in [9.17, 15) is 0 Å². The largest absolute Gasteiger partial charge is 0.243 e. The molecule has 0 bridgehead atoms. The molecule has 0 amide bonds. The molecule has 6 heavy (non-hydrogen) atoms. The highest BCUT2D eigenvalue weighted by atomic mass is 14.9. The lowest BCUT2D eigenvalue weighted by atomic mass is 10.6. The van der Waals surface area contributed by atoms with Gasteiger partial charge in [-0.15, -0.1) is 0 Å². The van der Waals surface area contributed by atoms with Gasteiger partial charge >= 0.3 is 0 Å². The highest BCUT2D eigenvalue weighted by molar-refractivity contribution is 5.14. The molecule has 0 unspecified atom stereocenters. The van der Waals surface area contributed by atoms with Crippen molar-refractivity contribution in [1.82, 2.24) is 0 Å². The van der Waals surface area contributed by atoms with Crippen LogP contribution >= 0.6 is 0 Å². The minimum Gasteiger partial charge on any atom is -0.243 e. The van der Waals surface area contributed by atoms with E-state index in [4.69, 9.17) is 1.37 Å². The summed E-state index contributed by atoms with van der Waals surface area (Å²) < 4.78 is 8.62. The van der Waals surface area contributed by atoms with Crippen LogP contribution in [-0.2, 0) is 0 Å². The lowest BCUT2D eigenvalue weighted by molar-refractivity contribution is -0.511. The van der Waals surface area contributed by atoms with Crippen molar-refractivity contribution in [1.29, 1.82) is 0 Å². The summed E-state index contributed by atoms with van der Waals surface area (Å²) in [6.07, 6.45) is 0. The number of hydrogen-bond acceptors (Lipinski definition) is 0. The van der Waals surface area contributed by atoms with Crippen LogP contribution in [0.4, 0.5) is 0 Å². The van der Waals surface area contributed by atoms with E-state index >= 15 is 0 Å². The summed E-state index contributed by atoms with van der Waals surface area (Å²) in [5.41, 5.74) is 0. The first-order valence-corrected chi connectivity index (χ1v) is 2.16. The van der Waals surface area contributed by atoms with Crippen LogP contribution in [0.1, 0.15) is 15.2 Å². The van der Waals surface area contributed by atoms with E-state index in [-0.39, 0.29) is 0 Å². The normalized spacial score (nSPS) is 10.5. The van der Waals surface area contributed by atoms with Gasteiger partial charge in [-0.2, -0.15) is 0 Å². The van der Waals surface area contributed by atoms with Gasteiger partial charge in [-0.05, 0) is 13.8 Å². The predicted molar refractivity (Wildman–Crippen MR) is 28.5 cm³/mol. The van der Waals surface area contributed by atoms with Crippen LogP contribution in [0.3, 0.4) is 0 Å². The summed E-state index contributed by atoms with van der Waals surface area (Å²) in [5.74, 6) is 0. The molecule has 0 aliphatic carbocycles. The second kappa shape index (κ2) is 2.88. The van der Waals surface area contributed by atoms with Gasteiger partial charge in [-0.1, -0.05) is 0 Å². The second-order valence-corrected chi connectivity index (χ2v) is 1.21. The molecule has 0 aromatic rings. The van der Waals surface area contributed by atoms with E-state index in [1.165, 1.54) is 0 Å². The molecule has 36 valence electrons. The highest BCUT2D eigenvalue weighted by Gasteiger charge is 1.82. The summed E-state index contributed by atoms with van der Waals surface area (Å²) in [5, 5.41) is 0. The second-order valence-electron chi connectivity index (χ2n) is 1.21. The Kier molecular flexibility index (Phi) is 1.85. The molecule has 0 heterocycles. The topological polar surface area (TPSA) is 3.01 Å². The highest BCUT2D eigenvalue weighted by Crippen LogP contribution is 1.64. The van der Waals surface area contributed by atoms with Crippen LogP contribution in [-0.4, -0.2) is 24.4 Å². The van der Waals surface area contributed by atoms with Crippen LogP contribution in [0.5, 0.6) is 0 Å². The Morgan fingerprint density at radius 1 is 1.83 bits per heavy atom. The molecule has 1 nitrogen and oxygen atoms in total. The van der Waals surface area contributed by atoms with Crippen molar-refractivity contribution in [2.24, 2.45) is 0 Å². The molecular formula is C5H12N+. The third kappa shape index (κ3) is 1.94. The molecule has 0 aromatic carbocycles. The fourth-order valence-corrected chi connectivity index (χ4v) is 0.158. The minimum atomic E-state index is 0.456. The Labute approximate surface area is 40.7 Å². The van der Waals surface area contributed by atoms with Crippen molar-refractivity contribution in [3.05, 3.63) is 0 Å². The van der Waals surface area contributed by atoms with E-state index in [2.05, 4.69) is 6.72 Å². The van der Waals surface area contributed by atoms with Gasteiger partial charge in [-0.25, -0.2) is 4.58 Å². The summed E-state index contributed by atoms with van der Waals surface area (Å²) in [4.78, 5) is 0. The molecule has 0 spiro atoms. The van der Waals surface area contributed by atoms with Crippen LogP contribution in [0.25, 0.3) is 0 Å². The van der Waals surface area contributed by atoms with Gasteiger partial charge in [0.1, 0.15) is 19.8 Å². The van der Waals surface area contributed by atoms with Gasteiger partial charge in [0.15, 0.2) is 0 Å². The first-order valence-electron chi connectivity index (χ1n) is 2.86. The van der Waals surface area contributed by atoms with E-state index in [0.717, 1.165) is 13.1 Å². The zero-order valence-corrected chi connectivity index (χ0v) is 4.28. The Hall–Kier alpha value is -0.330. The van der Waals surface area contributed by atoms with Crippen molar-refractivity contribution in [2.75, 3.05) is 13.1 Å². The van der Waals surface area contributed by atoms with Crippen LogP contribution in [0, 0.1) is 0 Å². The standard InChI is InChI=1S/C5H12N/c1-4-6(3)5-2/h3-5H2,1-2H3/q+1/i1D. The van der Waals surface area contributed by atoms with Gasteiger partial charge in [0.25, 0.3) is 0 Å². The van der Waals surface area contributed by atoms with E-state index in [0.29, 0.717) is 6.90 Å². The molecule has 1 heteroatoms. The van der Waals surface area contributed by atoms with Crippen molar-refractivity contribution in [2.45, 2.75) is 13.8 Å². The third-order valence-electron chi connectivity index (χ3n) is 0.763. The van der Waals surface area contributed by atoms with Gasteiger partial charge < -0.3 is 0 Å². The average Bonchev–Trinajstić information content (AvgIpc) is 1.68. The van der Waals surface area contributed by atoms with E-state index in [1.54, 1.807) is 0 Å². The van der Waals surface area contributed by atoms with Gasteiger partial charge in [0.2, 0.25) is 0 Å². The van der Waals surface area contributed by atoms with Crippen molar-refractivity contribution >= 4 is 6.72 Å². The van der Waals surface area contributed by atoms with Gasteiger partial charge in [0.05, 0.1) is 0 Å². The average molecular weight is 87.2 g/mol. The molecule has 0 aliphatic heterocycles. The number of rotatable bonds is 2. The third-order valence-corrected chi connectivity index (χ3v) is 0.763. The Morgan fingerprint density at radius 3 is 2.67 bits per heavy atom. The first-order chi connectivity index (χ1) is 3.31. The molecule has 0 aromatic heterocycles. The molecule has 0 rings (SSSR count). The van der Waals surface area contributed by atoms with Crippen molar-refractivity contribution < 1.29 is 5.95 Å². The number of hydrogen-bond donors (Lipinski definition) is 0. The molecule has 0 aliphatic rings. The SMILES string of the molecule is [2H]CC[N+](=C)CC. The summed E-state index contributed by atoms with van der Waals surface area (Å²) >= 11 is 0. The van der Waals surface area contributed by atoms with E-state index < -0.39 is 0 Å². The predicted octanol–water partition coefficient (Wildman–Crippen LogP) is 0.739. The fraction of sp³-hybridized carbons (Fsp3) is 0.800. The zero-order chi connectivity index (χ0) is 5.70. The molecule has 0 saturated heterocycles. The Bertz CT molecular complexity index is 61.1. The van der Waals surface area contributed by atoms with E-state index in [1.807, 2.05) is 11.5 Å². The van der Waals surface area contributed by atoms with Crippen LogP contribution in [0.2, 0.25) is 0 Å². The molecule has 0 fully saturated rings. The maximum atomic E-state index is 6.75. The smallest absolute Gasteiger partial charge is 0.139 e. The van der Waals surface area contributed by atoms with Crippen molar-refractivity contribution in [3.8, 4) is 0 Å². The van der Waals surface area contributed by atoms with Gasteiger partial charge in [-0.3, -0.25) is 0 Å². The molecular weight excluding hydrogens is 74.1 g/mol. The lowest BCUT2D eigenvalue weighted by Crippen LogP contribution is -2.05. The summed E-state index contributed by atoms with van der Waals surface area (Å²) in [7, 11) is 0.